The summed E-state index contributed by atoms with van der Waals surface area (Å²) in [6.07, 6.45) is 0. The minimum atomic E-state index is -0.794. The van der Waals surface area contributed by atoms with Crippen LogP contribution in [-0.4, -0.2) is 28.9 Å². The van der Waals surface area contributed by atoms with Gasteiger partial charge in [-0.1, -0.05) is 29.8 Å². The Labute approximate surface area is 101 Å². The Bertz CT molecular complexity index is 421. The SMILES string of the molecule is Cc1ccc(C(=O)C(=O)NC(C)(C)CO)cc1. The fraction of sp³-hybridized carbons (Fsp3) is 0.385. The molecule has 1 amide bonds. The first-order chi connectivity index (χ1) is 7.85. The molecule has 0 saturated carbocycles. The molecule has 0 bridgehead atoms. The summed E-state index contributed by atoms with van der Waals surface area (Å²) >= 11 is 0. The first-order valence-electron chi connectivity index (χ1n) is 5.40. The Balaban J connectivity index is 2.77. The van der Waals surface area contributed by atoms with E-state index in [1.54, 1.807) is 38.1 Å². The second kappa shape index (κ2) is 5.10. The minimum Gasteiger partial charge on any atom is -0.394 e. The van der Waals surface area contributed by atoms with Gasteiger partial charge < -0.3 is 10.4 Å². The average molecular weight is 235 g/mol. The van der Waals surface area contributed by atoms with Crippen LogP contribution in [-0.2, 0) is 4.79 Å². The number of rotatable bonds is 4. The molecule has 1 aromatic rings. The van der Waals surface area contributed by atoms with Gasteiger partial charge in [0.05, 0.1) is 12.1 Å². The Hall–Kier alpha value is -1.68. The maximum atomic E-state index is 11.8. The molecule has 2 N–H and O–H groups in total. The van der Waals surface area contributed by atoms with E-state index < -0.39 is 17.2 Å². The number of hydrogen-bond donors (Lipinski definition) is 2. The third kappa shape index (κ3) is 3.67. The number of aliphatic hydroxyl groups is 1. The summed E-state index contributed by atoms with van der Waals surface area (Å²) in [5, 5.41) is 11.5. The van der Waals surface area contributed by atoms with E-state index in [-0.39, 0.29) is 6.61 Å². The number of amides is 1. The van der Waals surface area contributed by atoms with Gasteiger partial charge in [0.1, 0.15) is 0 Å². The molecule has 0 saturated heterocycles. The predicted octanol–water partition coefficient (Wildman–Crippen LogP) is 1.06. The van der Waals surface area contributed by atoms with E-state index in [0.717, 1.165) is 5.56 Å². The molecule has 0 unspecified atom stereocenters. The molecule has 0 aromatic heterocycles. The Morgan fingerprint density at radius 2 is 1.76 bits per heavy atom. The minimum absolute atomic E-state index is 0.222. The number of aliphatic hydroxyl groups excluding tert-OH is 1. The number of Topliss-reactive ketones (excluding diaryl/α,β-unsaturated/α-hetero) is 1. The summed E-state index contributed by atoms with van der Waals surface area (Å²) in [7, 11) is 0. The van der Waals surface area contributed by atoms with Gasteiger partial charge in [0.25, 0.3) is 5.91 Å². The van der Waals surface area contributed by atoms with Crippen LogP contribution in [0.25, 0.3) is 0 Å². The van der Waals surface area contributed by atoms with Gasteiger partial charge in [-0.25, -0.2) is 0 Å². The van der Waals surface area contributed by atoms with Gasteiger partial charge in [0.2, 0.25) is 5.78 Å². The van der Waals surface area contributed by atoms with Crippen LogP contribution < -0.4 is 5.32 Å². The second-order valence-corrected chi connectivity index (χ2v) is 4.69. The topological polar surface area (TPSA) is 66.4 Å². The van der Waals surface area contributed by atoms with Crippen molar-refractivity contribution in [1.82, 2.24) is 5.32 Å². The summed E-state index contributed by atoms with van der Waals surface area (Å²) in [5.74, 6) is -1.29. The molecule has 0 aliphatic heterocycles. The van der Waals surface area contributed by atoms with Gasteiger partial charge >= 0.3 is 0 Å². The molecule has 0 fully saturated rings. The summed E-state index contributed by atoms with van der Waals surface area (Å²) in [4.78, 5) is 23.4. The molecule has 0 aliphatic carbocycles. The lowest BCUT2D eigenvalue weighted by atomic mass is 10.0. The number of hydrogen-bond acceptors (Lipinski definition) is 3. The molecule has 0 heterocycles. The smallest absolute Gasteiger partial charge is 0.292 e. The first-order valence-corrected chi connectivity index (χ1v) is 5.40. The van der Waals surface area contributed by atoms with E-state index in [9.17, 15) is 9.59 Å². The average Bonchev–Trinajstić information content (AvgIpc) is 2.28. The van der Waals surface area contributed by atoms with Crippen molar-refractivity contribution in [3.05, 3.63) is 35.4 Å². The van der Waals surface area contributed by atoms with Crippen molar-refractivity contribution in [2.24, 2.45) is 0 Å². The van der Waals surface area contributed by atoms with E-state index in [0.29, 0.717) is 5.56 Å². The normalized spacial score (nSPS) is 11.1. The lowest BCUT2D eigenvalue weighted by Crippen LogP contribution is -2.48. The molecular weight excluding hydrogens is 218 g/mol. The highest BCUT2D eigenvalue weighted by molar-refractivity contribution is 6.42. The van der Waals surface area contributed by atoms with E-state index in [1.807, 2.05) is 6.92 Å². The molecular formula is C13H17NO3. The fourth-order valence-corrected chi connectivity index (χ4v) is 1.24. The Kier molecular flexibility index (Phi) is 4.02. The Morgan fingerprint density at radius 1 is 1.24 bits per heavy atom. The van der Waals surface area contributed by atoms with Crippen molar-refractivity contribution in [2.45, 2.75) is 26.3 Å². The van der Waals surface area contributed by atoms with E-state index >= 15 is 0 Å². The predicted molar refractivity (Wildman–Crippen MR) is 64.8 cm³/mol. The van der Waals surface area contributed by atoms with Gasteiger partial charge in [-0.05, 0) is 20.8 Å². The van der Waals surface area contributed by atoms with Crippen molar-refractivity contribution >= 4 is 11.7 Å². The van der Waals surface area contributed by atoms with Crippen molar-refractivity contribution in [3.63, 3.8) is 0 Å². The van der Waals surface area contributed by atoms with E-state index in [1.165, 1.54) is 0 Å². The third-order valence-electron chi connectivity index (χ3n) is 2.37. The molecule has 1 rings (SSSR count). The molecule has 4 nitrogen and oxygen atoms in total. The molecule has 17 heavy (non-hydrogen) atoms. The van der Waals surface area contributed by atoms with Crippen molar-refractivity contribution in [1.29, 1.82) is 0 Å². The van der Waals surface area contributed by atoms with Crippen LogP contribution in [0.1, 0.15) is 29.8 Å². The first kappa shape index (κ1) is 13.4. The largest absolute Gasteiger partial charge is 0.394 e. The lowest BCUT2D eigenvalue weighted by molar-refractivity contribution is -0.118. The van der Waals surface area contributed by atoms with Crippen LogP contribution in [0.5, 0.6) is 0 Å². The van der Waals surface area contributed by atoms with Gasteiger partial charge in [-0.2, -0.15) is 0 Å². The highest BCUT2D eigenvalue weighted by atomic mass is 16.3. The maximum Gasteiger partial charge on any atom is 0.292 e. The van der Waals surface area contributed by atoms with Crippen molar-refractivity contribution in [3.8, 4) is 0 Å². The van der Waals surface area contributed by atoms with Crippen LogP contribution in [0.2, 0.25) is 0 Å². The van der Waals surface area contributed by atoms with Crippen molar-refractivity contribution < 1.29 is 14.7 Å². The van der Waals surface area contributed by atoms with Crippen LogP contribution in [0.15, 0.2) is 24.3 Å². The second-order valence-electron chi connectivity index (χ2n) is 4.69. The number of carbonyl (C=O) groups excluding carboxylic acids is 2. The Morgan fingerprint density at radius 3 is 2.24 bits per heavy atom. The molecule has 0 spiro atoms. The number of aryl methyl sites for hydroxylation is 1. The zero-order valence-corrected chi connectivity index (χ0v) is 10.3. The standard InChI is InChI=1S/C13H17NO3/c1-9-4-6-10(7-5-9)11(16)12(17)14-13(2,3)8-15/h4-7,15H,8H2,1-3H3,(H,14,17). The molecule has 0 radical (unpaired) electrons. The summed E-state index contributed by atoms with van der Waals surface area (Å²) in [5.41, 5.74) is 0.580. The summed E-state index contributed by atoms with van der Waals surface area (Å²) < 4.78 is 0. The van der Waals surface area contributed by atoms with Gasteiger partial charge in [0, 0.05) is 5.56 Å². The number of benzene rings is 1. The third-order valence-corrected chi connectivity index (χ3v) is 2.37. The van der Waals surface area contributed by atoms with Gasteiger partial charge in [0.15, 0.2) is 0 Å². The lowest BCUT2D eigenvalue weighted by Gasteiger charge is -2.22. The summed E-state index contributed by atoms with van der Waals surface area (Å²) in [6, 6.07) is 6.78. The van der Waals surface area contributed by atoms with Crippen LogP contribution >= 0.6 is 0 Å². The number of ketones is 1. The fourth-order valence-electron chi connectivity index (χ4n) is 1.24. The monoisotopic (exact) mass is 235 g/mol. The van der Waals surface area contributed by atoms with Crippen LogP contribution in [0.4, 0.5) is 0 Å². The molecule has 1 aromatic carbocycles. The maximum absolute atomic E-state index is 11.8. The summed E-state index contributed by atoms with van der Waals surface area (Å²) in [6.45, 7) is 4.98. The zero-order valence-electron chi connectivity index (χ0n) is 10.3. The van der Waals surface area contributed by atoms with Gasteiger partial charge in [-0.3, -0.25) is 9.59 Å². The molecule has 0 atom stereocenters. The quantitative estimate of drug-likeness (QED) is 0.606. The van der Waals surface area contributed by atoms with E-state index in [4.69, 9.17) is 5.11 Å². The van der Waals surface area contributed by atoms with Crippen LogP contribution in [0.3, 0.4) is 0 Å². The molecule has 92 valence electrons. The van der Waals surface area contributed by atoms with E-state index in [2.05, 4.69) is 5.32 Å². The number of nitrogens with one attached hydrogen (secondary N) is 1. The van der Waals surface area contributed by atoms with Gasteiger partial charge in [-0.15, -0.1) is 0 Å². The molecule has 4 heteroatoms. The number of carbonyl (C=O) groups is 2. The highest BCUT2D eigenvalue weighted by Gasteiger charge is 2.24. The highest BCUT2D eigenvalue weighted by Crippen LogP contribution is 2.06. The molecule has 0 aliphatic rings. The van der Waals surface area contributed by atoms with Crippen LogP contribution in [0, 0.1) is 6.92 Å². The zero-order chi connectivity index (χ0) is 13.1. The van der Waals surface area contributed by atoms with Crippen molar-refractivity contribution in [2.75, 3.05) is 6.61 Å².